The SMILES string of the molecule is CC(C)(C)C(=O)NC1(C#N)CCOCC1. The second kappa shape index (κ2) is 4.19. The van der Waals surface area contributed by atoms with Crippen molar-refractivity contribution in [3.8, 4) is 6.07 Å². The van der Waals surface area contributed by atoms with Gasteiger partial charge in [0.25, 0.3) is 0 Å². The van der Waals surface area contributed by atoms with Crippen molar-refractivity contribution in [2.75, 3.05) is 13.2 Å². The summed E-state index contributed by atoms with van der Waals surface area (Å²) < 4.78 is 5.19. The molecule has 15 heavy (non-hydrogen) atoms. The summed E-state index contributed by atoms with van der Waals surface area (Å²) in [5.41, 5.74) is -1.18. The summed E-state index contributed by atoms with van der Waals surface area (Å²) >= 11 is 0. The first-order valence-corrected chi connectivity index (χ1v) is 5.21. The molecule has 0 unspecified atom stereocenters. The van der Waals surface area contributed by atoms with Crippen molar-refractivity contribution in [3.05, 3.63) is 0 Å². The summed E-state index contributed by atoms with van der Waals surface area (Å²) in [6.45, 7) is 6.60. The molecule has 4 heteroatoms. The largest absolute Gasteiger partial charge is 0.381 e. The van der Waals surface area contributed by atoms with Crippen LogP contribution in [0.3, 0.4) is 0 Å². The first-order valence-electron chi connectivity index (χ1n) is 5.21. The van der Waals surface area contributed by atoms with Crippen molar-refractivity contribution in [1.82, 2.24) is 5.32 Å². The van der Waals surface area contributed by atoms with Crippen molar-refractivity contribution in [2.24, 2.45) is 5.41 Å². The first-order chi connectivity index (χ1) is 6.90. The van der Waals surface area contributed by atoms with Crippen LogP contribution in [0.25, 0.3) is 0 Å². The average Bonchev–Trinajstić information content (AvgIpc) is 2.18. The molecule has 84 valence electrons. The van der Waals surface area contributed by atoms with Crippen LogP contribution in [-0.4, -0.2) is 24.7 Å². The van der Waals surface area contributed by atoms with Gasteiger partial charge in [-0.2, -0.15) is 5.26 Å². The maximum absolute atomic E-state index is 11.8. The molecule has 1 fully saturated rings. The second-order valence-electron chi connectivity index (χ2n) is 5.01. The Morgan fingerprint density at radius 3 is 2.33 bits per heavy atom. The minimum atomic E-state index is -0.720. The highest BCUT2D eigenvalue weighted by Gasteiger charge is 2.36. The molecule has 1 aliphatic heterocycles. The Kier molecular flexibility index (Phi) is 3.35. The maximum Gasteiger partial charge on any atom is 0.226 e. The lowest BCUT2D eigenvalue weighted by molar-refractivity contribution is -0.130. The van der Waals surface area contributed by atoms with E-state index in [0.717, 1.165) is 0 Å². The van der Waals surface area contributed by atoms with Crippen LogP contribution in [0.4, 0.5) is 0 Å². The van der Waals surface area contributed by atoms with Crippen molar-refractivity contribution in [3.63, 3.8) is 0 Å². The molecule has 4 nitrogen and oxygen atoms in total. The van der Waals surface area contributed by atoms with Gasteiger partial charge in [0.05, 0.1) is 6.07 Å². The Hall–Kier alpha value is -1.08. The summed E-state index contributed by atoms with van der Waals surface area (Å²) in [6, 6.07) is 2.21. The molecule has 0 spiro atoms. The van der Waals surface area contributed by atoms with Crippen LogP contribution in [0, 0.1) is 16.7 Å². The third-order valence-electron chi connectivity index (χ3n) is 2.59. The zero-order valence-electron chi connectivity index (χ0n) is 9.59. The fourth-order valence-corrected chi connectivity index (χ4v) is 1.39. The number of amides is 1. The van der Waals surface area contributed by atoms with E-state index in [1.54, 1.807) is 0 Å². The smallest absolute Gasteiger partial charge is 0.226 e. The fraction of sp³-hybridized carbons (Fsp3) is 0.818. The molecule has 0 bridgehead atoms. The predicted molar refractivity (Wildman–Crippen MR) is 56.0 cm³/mol. The highest BCUT2D eigenvalue weighted by molar-refractivity contribution is 5.82. The minimum Gasteiger partial charge on any atom is -0.381 e. The van der Waals surface area contributed by atoms with Crippen LogP contribution < -0.4 is 5.32 Å². The molecule has 0 aromatic carbocycles. The summed E-state index contributed by atoms with van der Waals surface area (Å²) in [6.07, 6.45) is 1.15. The lowest BCUT2D eigenvalue weighted by Gasteiger charge is -2.33. The van der Waals surface area contributed by atoms with Gasteiger partial charge >= 0.3 is 0 Å². The number of hydrogen-bond acceptors (Lipinski definition) is 3. The van der Waals surface area contributed by atoms with Crippen LogP contribution in [0.2, 0.25) is 0 Å². The quantitative estimate of drug-likeness (QED) is 0.707. The van der Waals surface area contributed by atoms with E-state index in [0.29, 0.717) is 26.1 Å². The van der Waals surface area contributed by atoms with Crippen LogP contribution in [-0.2, 0) is 9.53 Å². The van der Waals surface area contributed by atoms with Gasteiger partial charge in [-0.25, -0.2) is 0 Å². The number of carbonyl (C=O) groups is 1. The second-order valence-corrected chi connectivity index (χ2v) is 5.01. The van der Waals surface area contributed by atoms with Crippen molar-refractivity contribution in [2.45, 2.75) is 39.2 Å². The molecule has 1 N–H and O–H groups in total. The Labute approximate surface area is 90.6 Å². The number of carbonyl (C=O) groups excluding carboxylic acids is 1. The van der Waals surface area contributed by atoms with E-state index in [9.17, 15) is 4.79 Å². The average molecular weight is 210 g/mol. The predicted octanol–water partition coefficient (Wildman–Crippen LogP) is 1.22. The Balaban J connectivity index is 2.69. The molecular formula is C11H18N2O2. The molecule has 1 rings (SSSR count). The summed E-state index contributed by atoms with van der Waals surface area (Å²) in [5.74, 6) is -0.0778. The fourth-order valence-electron chi connectivity index (χ4n) is 1.39. The topological polar surface area (TPSA) is 62.1 Å². The minimum absolute atomic E-state index is 0.0778. The van der Waals surface area contributed by atoms with E-state index in [2.05, 4.69) is 11.4 Å². The van der Waals surface area contributed by atoms with Gasteiger partial charge in [-0.05, 0) is 0 Å². The van der Waals surface area contributed by atoms with E-state index < -0.39 is 11.0 Å². The van der Waals surface area contributed by atoms with E-state index in [1.807, 2.05) is 20.8 Å². The molecule has 0 aromatic rings. The number of hydrogen-bond donors (Lipinski definition) is 1. The van der Waals surface area contributed by atoms with Gasteiger partial charge in [-0.3, -0.25) is 4.79 Å². The third kappa shape index (κ3) is 2.93. The number of nitrogens with zero attached hydrogens (tertiary/aromatic N) is 1. The van der Waals surface area contributed by atoms with E-state index >= 15 is 0 Å². The van der Waals surface area contributed by atoms with Gasteiger partial charge in [-0.15, -0.1) is 0 Å². The highest BCUT2D eigenvalue weighted by atomic mass is 16.5. The lowest BCUT2D eigenvalue weighted by atomic mass is 9.88. The van der Waals surface area contributed by atoms with Crippen LogP contribution in [0.15, 0.2) is 0 Å². The Bertz CT molecular complexity index is 280. The van der Waals surface area contributed by atoms with Crippen LogP contribution in [0.5, 0.6) is 0 Å². The van der Waals surface area contributed by atoms with Gasteiger partial charge in [-0.1, -0.05) is 20.8 Å². The molecule has 0 radical (unpaired) electrons. The Morgan fingerprint density at radius 2 is 1.93 bits per heavy atom. The normalized spacial score (nSPS) is 20.4. The first kappa shape index (κ1) is 12.0. The summed E-state index contributed by atoms with van der Waals surface area (Å²) in [7, 11) is 0. The van der Waals surface area contributed by atoms with E-state index in [-0.39, 0.29) is 5.91 Å². The summed E-state index contributed by atoms with van der Waals surface area (Å²) in [5, 5.41) is 12.0. The molecule has 0 aromatic heterocycles. The summed E-state index contributed by atoms with van der Waals surface area (Å²) in [4.78, 5) is 11.8. The van der Waals surface area contributed by atoms with E-state index in [4.69, 9.17) is 10.00 Å². The molecule has 0 saturated carbocycles. The lowest BCUT2D eigenvalue weighted by Crippen LogP contribution is -2.53. The van der Waals surface area contributed by atoms with Crippen molar-refractivity contribution >= 4 is 5.91 Å². The molecule has 1 amide bonds. The highest BCUT2D eigenvalue weighted by Crippen LogP contribution is 2.22. The van der Waals surface area contributed by atoms with E-state index in [1.165, 1.54) is 0 Å². The number of rotatable bonds is 1. The molecule has 1 saturated heterocycles. The van der Waals surface area contributed by atoms with Gasteiger partial charge in [0, 0.05) is 31.5 Å². The van der Waals surface area contributed by atoms with Gasteiger partial charge in [0.15, 0.2) is 0 Å². The third-order valence-corrected chi connectivity index (χ3v) is 2.59. The molecule has 1 heterocycles. The molecule has 0 aliphatic carbocycles. The zero-order valence-corrected chi connectivity index (χ0v) is 9.59. The Morgan fingerprint density at radius 1 is 1.40 bits per heavy atom. The monoisotopic (exact) mass is 210 g/mol. The standard InChI is InChI=1S/C11H18N2O2/c1-10(2,3)9(14)13-11(8-12)4-6-15-7-5-11/h4-7H2,1-3H3,(H,13,14). The number of ether oxygens (including phenoxy) is 1. The van der Waals surface area contributed by atoms with Crippen molar-refractivity contribution < 1.29 is 9.53 Å². The molecule has 0 atom stereocenters. The maximum atomic E-state index is 11.8. The number of nitriles is 1. The molecular weight excluding hydrogens is 192 g/mol. The molecule has 1 aliphatic rings. The van der Waals surface area contributed by atoms with Crippen molar-refractivity contribution in [1.29, 1.82) is 5.26 Å². The van der Waals surface area contributed by atoms with Gasteiger partial charge in [0.1, 0.15) is 5.54 Å². The van der Waals surface area contributed by atoms with Gasteiger partial charge in [0.2, 0.25) is 5.91 Å². The van der Waals surface area contributed by atoms with Crippen LogP contribution in [0.1, 0.15) is 33.6 Å². The van der Waals surface area contributed by atoms with Gasteiger partial charge < -0.3 is 10.1 Å². The zero-order chi connectivity index (χ0) is 11.5. The van der Waals surface area contributed by atoms with Crippen LogP contribution >= 0.6 is 0 Å². The number of nitrogens with one attached hydrogen (secondary N) is 1.